The van der Waals surface area contributed by atoms with Crippen molar-refractivity contribution < 1.29 is 27.9 Å². The lowest BCUT2D eigenvalue weighted by Gasteiger charge is -2.34. The van der Waals surface area contributed by atoms with Gasteiger partial charge in [0.15, 0.2) is 5.54 Å². The molecule has 0 unspecified atom stereocenters. The van der Waals surface area contributed by atoms with Gasteiger partial charge in [-0.3, -0.25) is 14.4 Å². The summed E-state index contributed by atoms with van der Waals surface area (Å²) < 4.78 is 28.1. The Morgan fingerprint density at radius 2 is 1.60 bits per heavy atom. The maximum absolute atomic E-state index is 14.3. The number of para-hydroxylation sites is 1. The average Bonchev–Trinajstić information content (AvgIpc) is 3.18. The Bertz CT molecular complexity index is 1530. The fourth-order valence-electron chi connectivity index (χ4n) is 6.39. The van der Waals surface area contributed by atoms with Crippen LogP contribution >= 0.6 is 0 Å². The zero-order valence-corrected chi connectivity index (χ0v) is 25.2. The van der Waals surface area contributed by atoms with E-state index in [4.69, 9.17) is 0 Å². The molecule has 3 aliphatic heterocycles. The Kier molecular flexibility index (Phi) is 8.28. The SMILES string of the molecule is CCN1C(=O)[C@@]2(C(=C(O)c3ccc(S(=O)(=O)N4CCCCCC4)cc3)C(=O)C(=O)N2CCCN(C)C)c2ccccc21. The van der Waals surface area contributed by atoms with Crippen molar-refractivity contribution in [2.75, 3.05) is 51.7 Å². The topological polar surface area (TPSA) is 119 Å². The Balaban J connectivity index is 1.63. The lowest BCUT2D eigenvalue weighted by Crippen LogP contribution is -2.52. The number of likely N-dealkylation sites (N-methyl/N-ethyl adjacent to an activating group) is 1. The summed E-state index contributed by atoms with van der Waals surface area (Å²) in [5.41, 5.74) is -0.935. The zero-order valence-electron chi connectivity index (χ0n) is 24.4. The molecule has 11 heteroatoms. The maximum atomic E-state index is 14.3. The van der Waals surface area contributed by atoms with E-state index < -0.39 is 38.9 Å². The number of nitrogens with zero attached hydrogens (tertiary/aromatic N) is 4. The molecule has 0 saturated carbocycles. The van der Waals surface area contributed by atoms with Gasteiger partial charge in [-0.1, -0.05) is 31.0 Å². The first-order valence-electron chi connectivity index (χ1n) is 14.5. The summed E-state index contributed by atoms with van der Waals surface area (Å²) in [6, 6.07) is 12.7. The average molecular weight is 595 g/mol. The minimum Gasteiger partial charge on any atom is -0.507 e. The zero-order chi connectivity index (χ0) is 30.2. The van der Waals surface area contributed by atoms with Gasteiger partial charge in [0.05, 0.1) is 16.2 Å². The van der Waals surface area contributed by atoms with Gasteiger partial charge in [0.25, 0.3) is 17.6 Å². The lowest BCUT2D eigenvalue weighted by atomic mass is 9.82. The number of Topliss-reactive ketones (excluding diaryl/α,β-unsaturated/α-hetero) is 1. The molecule has 10 nitrogen and oxygen atoms in total. The number of anilines is 1. The number of hydrogen-bond donors (Lipinski definition) is 1. The van der Waals surface area contributed by atoms with E-state index in [9.17, 15) is 27.9 Å². The second-order valence-electron chi connectivity index (χ2n) is 11.3. The highest BCUT2D eigenvalue weighted by atomic mass is 32.2. The van der Waals surface area contributed by atoms with Gasteiger partial charge in [-0.05, 0) is 77.2 Å². The molecular formula is C31H38N4O6S. The molecule has 5 rings (SSSR count). The summed E-state index contributed by atoms with van der Waals surface area (Å²) in [6.45, 7) is 3.79. The minimum absolute atomic E-state index is 0.0826. The highest BCUT2D eigenvalue weighted by molar-refractivity contribution is 7.89. The molecule has 1 spiro atoms. The number of carbonyl (C=O) groups is 3. The summed E-state index contributed by atoms with van der Waals surface area (Å²) in [4.78, 5) is 46.5. The predicted molar refractivity (Wildman–Crippen MR) is 159 cm³/mol. The van der Waals surface area contributed by atoms with Crippen molar-refractivity contribution in [2.45, 2.75) is 49.5 Å². The van der Waals surface area contributed by atoms with Crippen LogP contribution in [-0.4, -0.2) is 92.0 Å². The van der Waals surface area contributed by atoms with Crippen molar-refractivity contribution in [1.82, 2.24) is 14.1 Å². The van der Waals surface area contributed by atoms with Crippen LogP contribution in [0.4, 0.5) is 5.69 Å². The van der Waals surface area contributed by atoms with Crippen LogP contribution in [-0.2, 0) is 29.9 Å². The molecular weight excluding hydrogens is 556 g/mol. The number of sulfonamides is 1. The summed E-state index contributed by atoms with van der Waals surface area (Å²) in [5, 5.41) is 11.7. The molecule has 1 atom stereocenters. The number of likely N-dealkylation sites (tertiary alicyclic amines) is 1. The van der Waals surface area contributed by atoms with Crippen molar-refractivity contribution in [3.63, 3.8) is 0 Å². The van der Waals surface area contributed by atoms with Crippen LogP contribution in [0.15, 0.2) is 59.0 Å². The van der Waals surface area contributed by atoms with Crippen molar-refractivity contribution in [3.8, 4) is 0 Å². The lowest BCUT2D eigenvalue weighted by molar-refractivity contribution is -0.143. The smallest absolute Gasteiger partial charge is 0.296 e. The van der Waals surface area contributed by atoms with Gasteiger partial charge in [-0.25, -0.2) is 8.42 Å². The van der Waals surface area contributed by atoms with Gasteiger partial charge in [0.1, 0.15) is 5.76 Å². The van der Waals surface area contributed by atoms with E-state index in [0.29, 0.717) is 43.9 Å². The van der Waals surface area contributed by atoms with Crippen LogP contribution in [0.2, 0.25) is 0 Å². The number of amides is 2. The number of carbonyl (C=O) groups excluding carboxylic acids is 3. The largest absolute Gasteiger partial charge is 0.507 e. The molecule has 1 N–H and O–H groups in total. The number of ketones is 1. The van der Waals surface area contributed by atoms with Gasteiger partial charge in [-0.15, -0.1) is 0 Å². The van der Waals surface area contributed by atoms with Crippen LogP contribution < -0.4 is 4.90 Å². The highest BCUT2D eigenvalue weighted by Gasteiger charge is 2.66. The van der Waals surface area contributed by atoms with E-state index in [-0.39, 0.29) is 22.6 Å². The van der Waals surface area contributed by atoms with E-state index in [1.165, 1.54) is 38.4 Å². The monoisotopic (exact) mass is 594 g/mol. The first-order chi connectivity index (χ1) is 20.1. The molecule has 2 amide bonds. The molecule has 42 heavy (non-hydrogen) atoms. The van der Waals surface area contributed by atoms with Crippen LogP contribution in [0.1, 0.15) is 50.2 Å². The van der Waals surface area contributed by atoms with E-state index in [2.05, 4.69) is 0 Å². The van der Waals surface area contributed by atoms with Crippen molar-refractivity contribution in [3.05, 3.63) is 65.2 Å². The third-order valence-corrected chi connectivity index (χ3v) is 10.4. The summed E-state index contributed by atoms with van der Waals surface area (Å²) in [7, 11) is 0.0639. The Hall–Kier alpha value is -3.54. The predicted octanol–water partition coefficient (Wildman–Crippen LogP) is 3.15. The third kappa shape index (κ3) is 4.73. The second kappa shape index (κ2) is 11.6. The minimum atomic E-state index is -3.73. The van der Waals surface area contributed by atoms with Gasteiger partial charge < -0.3 is 19.8 Å². The van der Waals surface area contributed by atoms with Gasteiger partial charge in [0, 0.05) is 37.3 Å². The molecule has 2 aromatic carbocycles. The second-order valence-corrected chi connectivity index (χ2v) is 13.2. The summed E-state index contributed by atoms with van der Waals surface area (Å²) >= 11 is 0. The first kappa shape index (κ1) is 29.9. The van der Waals surface area contributed by atoms with Gasteiger partial charge >= 0.3 is 0 Å². The molecule has 2 fully saturated rings. The van der Waals surface area contributed by atoms with Crippen LogP contribution in [0.3, 0.4) is 0 Å². The number of benzene rings is 2. The van der Waals surface area contributed by atoms with Crippen LogP contribution in [0.5, 0.6) is 0 Å². The normalized spacial score (nSPS) is 22.8. The number of rotatable bonds is 8. The van der Waals surface area contributed by atoms with Gasteiger partial charge in [-0.2, -0.15) is 4.31 Å². The summed E-state index contributed by atoms with van der Waals surface area (Å²) in [5.74, 6) is -2.78. The molecule has 3 aliphatic rings. The van der Waals surface area contributed by atoms with Gasteiger partial charge in [0.2, 0.25) is 10.0 Å². The number of fused-ring (bicyclic) bond motifs is 2. The standard InChI is InChI=1S/C31H38N4O6S/c1-4-34-25-13-8-7-12-24(25)31(30(34)39)26(28(37)29(38)35(31)21-11-18-32(2)3)27(36)22-14-16-23(17-15-22)42(40,41)33-19-9-5-6-10-20-33/h7-8,12-17,36H,4-6,9-11,18-21H2,1-3H3/t31-/m0/s1. The van der Waals surface area contributed by atoms with Crippen molar-refractivity contribution >= 4 is 39.1 Å². The first-order valence-corrected chi connectivity index (χ1v) is 16.0. The fourth-order valence-corrected chi connectivity index (χ4v) is 7.90. The Morgan fingerprint density at radius 3 is 2.21 bits per heavy atom. The van der Waals surface area contributed by atoms with Crippen LogP contribution in [0, 0.1) is 0 Å². The molecule has 0 radical (unpaired) electrons. The van der Waals surface area contributed by atoms with E-state index in [1.807, 2.05) is 25.9 Å². The molecule has 0 aliphatic carbocycles. The number of aliphatic hydroxyl groups excluding tert-OH is 1. The molecule has 2 aromatic rings. The Morgan fingerprint density at radius 1 is 0.952 bits per heavy atom. The van der Waals surface area contributed by atoms with Crippen LogP contribution in [0.25, 0.3) is 5.76 Å². The third-order valence-electron chi connectivity index (χ3n) is 8.44. The number of aliphatic hydroxyl groups is 1. The molecule has 2 saturated heterocycles. The maximum Gasteiger partial charge on any atom is 0.296 e. The quantitative estimate of drug-likeness (QED) is 0.283. The molecule has 0 bridgehead atoms. The molecule has 224 valence electrons. The van der Waals surface area contributed by atoms with E-state index >= 15 is 0 Å². The fraction of sp³-hybridized carbons (Fsp3) is 0.452. The van der Waals surface area contributed by atoms with E-state index in [1.54, 1.807) is 24.3 Å². The highest BCUT2D eigenvalue weighted by Crippen LogP contribution is 2.53. The van der Waals surface area contributed by atoms with E-state index in [0.717, 1.165) is 25.7 Å². The van der Waals surface area contributed by atoms with Crippen molar-refractivity contribution in [1.29, 1.82) is 0 Å². The summed E-state index contributed by atoms with van der Waals surface area (Å²) in [6.07, 6.45) is 4.09. The molecule has 3 heterocycles. The molecule has 0 aromatic heterocycles. The number of hydrogen-bond acceptors (Lipinski definition) is 7. The van der Waals surface area contributed by atoms with Crippen molar-refractivity contribution in [2.24, 2.45) is 0 Å². The Labute approximate surface area is 247 Å².